The zero-order chi connectivity index (χ0) is 9.97. The van der Waals surface area contributed by atoms with Crippen molar-refractivity contribution >= 4 is 17.3 Å². The lowest BCUT2D eigenvalue weighted by Gasteiger charge is -2.28. The highest BCUT2D eigenvalue weighted by atomic mass is 35.5. The second-order valence-corrected chi connectivity index (χ2v) is 4.03. The summed E-state index contributed by atoms with van der Waals surface area (Å²) in [7, 11) is 1.66. The Hall–Kier alpha value is -0.890. The van der Waals surface area contributed by atoms with E-state index in [1.165, 1.54) is 19.3 Å². The molecule has 1 N–H and O–H groups in total. The Labute approximate surface area is 89.2 Å². The Balaban J connectivity index is 2.13. The Morgan fingerprint density at radius 1 is 1.43 bits per heavy atom. The molecule has 0 unspecified atom stereocenters. The van der Waals surface area contributed by atoms with Gasteiger partial charge in [0.05, 0.1) is 17.8 Å². The number of anilines is 1. The first-order chi connectivity index (χ1) is 6.79. The summed E-state index contributed by atoms with van der Waals surface area (Å²) >= 11 is 6.06. The first kappa shape index (κ1) is 9.66. The maximum absolute atomic E-state index is 6.06. The average molecular weight is 212 g/mol. The lowest BCUT2D eigenvalue weighted by atomic mass is 9.93. The van der Waals surface area contributed by atoms with E-state index in [-0.39, 0.29) is 0 Å². The third-order valence-electron chi connectivity index (χ3n) is 2.64. The number of benzene rings is 1. The van der Waals surface area contributed by atoms with Gasteiger partial charge in [0.15, 0.2) is 0 Å². The maximum atomic E-state index is 6.06. The van der Waals surface area contributed by atoms with Crippen molar-refractivity contribution in [1.29, 1.82) is 0 Å². The number of ether oxygens (including phenoxy) is 1. The fourth-order valence-corrected chi connectivity index (χ4v) is 1.69. The van der Waals surface area contributed by atoms with Crippen molar-refractivity contribution in [3.05, 3.63) is 23.2 Å². The minimum atomic E-state index is 0.597. The van der Waals surface area contributed by atoms with E-state index in [1.807, 2.05) is 18.2 Å². The zero-order valence-corrected chi connectivity index (χ0v) is 8.97. The van der Waals surface area contributed by atoms with E-state index in [0.717, 1.165) is 16.5 Å². The van der Waals surface area contributed by atoms with Gasteiger partial charge in [-0.1, -0.05) is 11.6 Å². The van der Waals surface area contributed by atoms with Gasteiger partial charge in [0.25, 0.3) is 0 Å². The molecule has 1 aromatic carbocycles. The molecule has 0 aliphatic heterocycles. The molecule has 2 rings (SSSR count). The summed E-state index contributed by atoms with van der Waals surface area (Å²) in [5, 5.41) is 4.17. The molecule has 1 fully saturated rings. The summed E-state index contributed by atoms with van der Waals surface area (Å²) in [4.78, 5) is 0. The number of nitrogens with one attached hydrogen (secondary N) is 1. The number of methoxy groups -OCH3 is 1. The van der Waals surface area contributed by atoms with E-state index in [2.05, 4.69) is 5.32 Å². The molecule has 0 bridgehead atoms. The topological polar surface area (TPSA) is 21.3 Å². The highest BCUT2D eigenvalue weighted by Crippen LogP contribution is 2.30. The van der Waals surface area contributed by atoms with Crippen LogP contribution in [0.4, 0.5) is 5.69 Å². The number of hydrogen-bond acceptors (Lipinski definition) is 2. The van der Waals surface area contributed by atoms with E-state index in [0.29, 0.717) is 6.04 Å². The molecule has 0 aromatic heterocycles. The van der Waals surface area contributed by atoms with Gasteiger partial charge in [0.2, 0.25) is 0 Å². The quantitative estimate of drug-likeness (QED) is 0.828. The molecule has 3 heteroatoms. The summed E-state index contributed by atoms with van der Waals surface area (Å²) < 4.78 is 5.14. The minimum Gasteiger partial charge on any atom is -0.497 e. The summed E-state index contributed by atoms with van der Waals surface area (Å²) in [6, 6.07) is 6.27. The second-order valence-electron chi connectivity index (χ2n) is 3.62. The van der Waals surface area contributed by atoms with Gasteiger partial charge < -0.3 is 10.1 Å². The van der Waals surface area contributed by atoms with E-state index >= 15 is 0 Å². The highest BCUT2D eigenvalue weighted by molar-refractivity contribution is 6.33. The highest BCUT2D eigenvalue weighted by Gasteiger charge is 2.17. The van der Waals surface area contributed by atoms with Gasteiger partial charge in [-0.2, -0.15) is 0 Å². The molecule has 76 valence electrons. The third kappa shape index (κ3) is 1.95. The molecule has 2 nitrogen and oxygen atoms in total. The summed E-state index contributed by atoms with van der Waals surface area (Å²) in [6.07, 6.45) is 3.81. The molecule has 0 atom stereocenters. The van der Waals surface area contributed by atoms with Gasteiger partial charge in [-0.3, -0.25) is 0 Å². The third-order valence-corrected chi connectivity index (χ3v) is 2.97. The lowest BCUT2D eigenvalue weighted by Crippen LogP contribution is -2.27. The van der Waals surface area contributed by atoms with Crippen LogP contribution in [0.25, 0.3) is 0 Å². The predicted molar refractivity (Wildman–Crippen MR) is 59.3 cm³/mol. The molecular weight excluding hydrogens is 198 g/mol. The minimum absolute atomic E-state index is 0.597. The molecule has 0 radical (unpaired) electrons. The fourth-order valence-electron chi connectivity index (χ4n) is 1.51. The molecule has 1 aromatic rings. The van der Waals surface area contributed by atoms with E-state index < -0.39 is 0 Å². The van der Waals surface area contributed by atoms with Crippen molar-refractivity contribution < 1.29 is 4.74 Å². The number of halogens is 1. The van der Waals surface area contributed by atoms with E-state index in [1.54, 1.807) is 7.11 Å². The van der Waals surface area contributed by atoms with Crippen molar-refractivity contribution in [3.8, 4) is 5.75 Å². The van der Waals surface area contributed by atoms with Gasteiger partial charge in [-0.15, -0.1) is 0 Å². The van der Waals surface area contributed by atoms with Crippen molar-refractivity contribution in [3.63, 3.8) is 0 Å². The lowest BCUT2D eigenvalue weighted by molar-refractivity contribution is 0.414. The normalized spacial score (nSPS) is 16.1. The van der Waals surface area contributed by atoms with Crippen LogP contribution < -0.4 is 10.1 Å². The molecule has 0 heterocycles. The second kappa shape index (κ2) is 4.09. The molecule has 1 aliphatic carbocycles. The van der Waals surface area contributed by atoms with Crippen LogP contribution >= 0.6 is 11.6 Å². The van der Waals surface area contributed by atoms with Crippen molar-refractivity contribution in [2.75, 3.05) is 12.4 Å². The van der Waals surface area contributed by atoms with Crippen LogP contribution in [0.2, 0.25) is 5.02 Å². The SMILES string of the molecule is COc1ccc(Cl)c(NC2CCC2)c1. The van der Waals surface area contributed by atoms with Crippen LogP contribution in [0.3, 0.4) is 0 Å². The smallest absolute Gasteiger partial charge is 0.121 e. The Kier molecular flexibility index (Phi) is 2.82. The van der Waals surface area contributed by atoms with Gasteiger partial charge in [-0.05, 0) is 31.4 Å². The van der Waals surface area contributed by atoms with Gasteiger partial charge in [-0.25, -0.2) is 0 Å². The Morgan fingerprint density at radius 2 is 2.21 bits per heavy atom. The van der Waals surface area contributed by atoms with Crippen LogP contribution in [-0.2, 0) is 0 Å². The molecule has 14 heavy (non-hydrogen) atoms. The summed E-state index contributed by atoms with van der Waals surface area (Å²) in [6.45, 7) is 0. The Morgan fingerprint density at radius 3 is 2.79 bits per heavy atom. The van der Waals surface area contributed by atoms with Crippen LogP contribution in [-0.4, -0.2) is 13.2 Å². The van der Waals surface area contributed by atoms with Crippen LogP contribution in [0, 0.1) is 0 Å². The van der Waals surface area contributed by atoms with Crippen LogP contribution in [0.5, 0.6) is 5.75 Å². The molecule has 1 aliphatic rings. The van der Waals surface area contributed by atoms with Crippen LogP contribution in [0.1, 0.15) is 19.3 Å². The van der Waals surface area contributed by atoms with E-state index in [9.17, 15) is 0 Å². The molecule has 1 saturated carbocycles. The largest absolute Gasteiger partial charge is 0.497 e. The maximum Gasteiger partial charge on any atom is 0.121 e. The zero-order valence-electron chi connectivity index (χ0n) is 8.22. The predicted octanol–water partition coefficient (Wildman–Crippen LogP) is 3.31. The molecular formula is C11H14ClNO. The first-order valence-electron chi connectivity index (χ1n) is 4.89. The molecule has 0 amide bonds. The molecule has 0 saturated heterocycles. The standard InChI is InChI=1S/C11H14ClNO/c1-14-9-5-6-10(12)11(7-9)13-8-3-2-4-8/h5-8,13H,2-4H2,1H3. The van der Waals surface area contributed by atoms with Crippen molar-refractivity contribution in [2.45, 2.75) is 25.3 Å². The van der Waals surface area contributed by atoms with Gasteiger partial charge >= 0.3 is 0 Å². The monoisotopic (exact) mass is 211 g/mol. The molecule has 0 spiro atoms. The first-order valence-corrected chi connectivity index (χ1v) is 5.27. The van der Waals surface area contributed by atoms with E-state index in [4.69, 9.17) is 16.3 Å². The van der Waals surface area contributed by atoms with Crippen molar-refractivity contribution in [1.82, 2.24) is 0 Å². The van der Waals surface area contributed by atoms with Crippen LogP contribution in [0.15, 0.2) is 18.2 Å². The van der Waals surface area contributed by atoms with Gasteiger partial charge in [0.1, 0.15) is 5.75 Å². The fraction of sp³-hybridized carbons (Fsp3) is 0.455. The van der Waals surface area contributed by atoms with Crippen molar-refractivity contribution in [2.24, 2.45) is 0 Å². The Bertz CT molecular complexity index is 323. The number of hydrogen-bond donors (Lipinski definition) is 1. The average Bonchev–Trinajstić information content (AvgIpc) is 2.14. The van der Waals surface area contributed by atoms with Gasteiger partial charge in [0, 0.05) is 12.1 Å². The summed E-state index contributed by atoms with van der Waals surface area (Å²) in [5.74, 6) is 0.844. The summed E-state index contributed by atoms with van der Waals surface area (Å²) in [5.41, 5.74) is 0.982. The number of rotatable bonds is 3.